The van der Waals surface area contributed by atoms with Crippen molar-refractivity contribution in [3.8, 4) is 11.1 Å². The quantitative estimate of drug-likeness (QED) is 0.163. The summed E-state index contributed by atoms with van der Waals surface area (Å²) in [7, 11) is 0. The van der Waals surface area contributed by atoms with E-state index in [0.29, 0.717) is 14.3 Å². The molecule has 4 aromatic rings. The first kappa shape index (κ1) is 47.9. The molecule has 6 rings (SSSR count). The first-order chi connectivity index (χ1) is 25.9. The minimum atomic E-state index is -4.63. The predicted molar refractivity (Wildman–Crippen MR) is 216 cm³/mol. The van der Waals surface area contributed by atoms with Crippen molar-refractivity contribution >= 4 is 3.21 Å². The van der Waals surface area contributed by atoms with E-state index in [9.17, 15) is 26.3 Å². The molecule has 0 radical (unpaired) electrons. The summed E-state index contributed by atoms with van der Waals surface area (Å²) >= 11 is -3.85. The fourth-order valence-corrected chi connectivity index (χ4v) is 17.7. The molecule has 0 spiro atoms. The predicted octanol–water partition coefficient (Wildman–Crippen LogP) is 8.96. The number of benzene rings is 4. The molecule has 9 heteroatoms. The standard InChI is InChI=1S/C21H25.C15H8F6.C13H21.2ClH.Zr/c1-20(2,3)16-7-9-18-14(12-16)11-15-13-17(21(4,5)6)8-10-19(15)18;16-14(17,18)12-5-1-3-10(8-12)7-11-4-2-6-13(9-11)15(19,20)21;1-5-6-7-11-8-9-12(10-11)13(2,3)4;;;/h7-13H,1-6H3;1-6,8-9H;9-11H,5-7H2,1-4H3;2*1H;/q;;;;;+2/p-2. The summed E-state index contributed by atoms with van der Waals surface area (Å²) in [6, 6.07) is 24.0. The number of rotatable bonds is 7. The number of allylic oxidation sites excluding steroid dienone is 4. The van der Waals surface area contributed by atoms with Gasteiger partial charge in [-0.25, -0.2) is 0 Å². The Bertz CT molecular complexity index is 2110. The molecule has 0 nitrogen and oxygen atoms in total. The summed E-state index contributed by atoms with van der Waals surface area (Å²) in [5, 5.41) is 0. The molecule has 0 saturated carbocycles. The van der Waals surface area contributed by atoms with E-state index in [-0.39, 0.29) is 50.6 Å². The van der Waals surface area contributed by atoms with Crippen molar-refractivity contribution in [3.05, 3.63) is 150 Å². The summed E-state index contributed by atoms with van der Waals surface area (Å²) in [4.78, 5) is 0. The molecule has 0 bridgehead atoms. The molecular formula is C49H54Cl2F6Zr. The van der Waals surface area contributed by atoms with E-state index in [1.807, 2.05) is 0 Å². The van der Waals surface area contributed by atoms with E-state index >= 15 is 0 Å². The molecule has 1 unspecified atom stereocenters. The third-order valence-electron chi connectivity index (χ3n) is 11.4. The van der Waals surface area contributed by atoms with Crippen LogP contribution in [-0.2, 0) is 44.4 Å². The Morgan fingerprint density at radius 3 is 1.40 bits per heavy atom. The molecule has 310 valence electrons. The average molecular weight is 919 g/mol. The van der Waals surface area contributed by atoms with Gasteiger partial charge in [-0.2, -0.15) is 0 Å². The monoisotopic (exact) mass is 916 g/mol. The van der Waals surface area contributed by atoms with Crippen LogP contribution in [0.15, 0.2) is 106 Å². The van der Waals surface area contributed by atoms with Crippen LogP contribution in [0.3, 0.4) is 0 Å². The normalized spacial score (nSPS) is 15.7. The molecule has 0 aromatic heterocycles. The molecule has 0 aliphatic heterocycles. The zero-order valence-corrected chi connectivity index (χ0v) is 39.0. The van der Waals surface area contributed by atoms with E-state index in [4.69, 9.17) is 0 Å². The van der Waals surface area contributed by atoms with Crippen molar-refractivity contribution in [3.63, 3.8) is 0 Å². The van der Waals surface area contributed by atoms with Gasteiger partial charge in [-0.3, -0.25) is 0 Å². The van der Waals surface area contributed by atoms with Gasteiger partial charge in [-0.05, 0) is 0 Å². The number of hydrogen-bond donors (Lipinski definition) is 0. The molecule has 0 heterocycles. The van der Waals surface area contributed by atoms with Crippen molar-refractivity contribution < 1.29 is 72.4 Å². The summed E-state index contributed by atoms with van der Waals surface area (Å²) in [6.45, 7) is 21.7. The average Bonchev–Trinajstić information content (AvgIpc) is 3.67. The van der Waals surface area contributed by atoms with Crippen LogP contribution in [0.5, 0.6) is 0 Å². The molecule has 0 amide bonds. The fraction of sp³-hybridized carbons (Fsp3) is 0.408. The van der Waals surface area contributed by atoms with Gasteiger partial charge in [0.1, 0.15) is 0 Å². The molecule has 0 fully saturated rings. The van der Waals surface area contributed by atoms with Gasteiger partial charge in [-0.1, -0.05) is 0 Å². The first-order valence-electron chi connectivity index (χ1n) is 19.7. The van der Waals surface area contributed by atoms with E-state index < -0.39 is 44.7 Å². The summed E-state index contributed by atoms with van der Waals surface area (Å²) in [5.74, 6) is 0.0225. The second-order valence-corrected chi connectivity index (χ2v) is 24.8. The maximum absolute atomic E-state index is 14.6. The van der Waals surface area contributed by atoms with E-state index in [2.05, 4.69) is 118 Å². The molecule has 2 aliphatic carbocycles. The maximum atomic E-state index is 14.6. The van der Waals surface area contributed by atoms with Gasteiger partial charge in [-0.15, -0.1) is 0 Å². The molecule has 4 aromatic carbocycles. The Kier molecular flexibility index (Phi) is 14.3. The maximum Gasteiger partial charge on any atom is -1.00 e. The van der Waals surface area contributed by atoms with Crippen LogP contribution < -0.4 is 24.8 Å². The number of halogens is 8. The fourth-order valence-electron chi connectivity index (χ4n) is 8.18. The third-order valence-corrected chi connectivity index (χ3v) is 19.9. The van der Waals surface area contributed by atoms with Gasteiger partial charge in [0.25, 0.3) is 0 Å². The Labute approximate surface area is 361 Å². The van der Waals surface area contributed by atoms with Gasteiger partial charge in [0.15, 0.2) is 0 Å². The number of unbranched alkanes of at least 4 members (excludes halogenated alkanes) is 1. The van der Waals surface area contributed by atoms with Gasteiger partial charge in [0.2, 0.25) is 0 Å². The van der Waals surface area contributed by atoms with Crippen molar-refractivity contribution in [1.29, 1.82) is 0 Å². The van der Waals surface area contributed by atoms with Crippen molar-refractivity contribution in [2.75, 3.05) is 0 Å². The summed E-state index contributed by atoms with van der Waals surface area (Å²) in [6.07, 6.45) is -1.81. The van der Waals surface area contributed by atoms with Crippen LogP contribution in [-0.4, -0.2) is 3.21 Å². The van der Waals surface area contributed by atoms with Crippen LogP contribution >= 0.6 is 0 Å². The third kappa shape index (κ3) is 9.90. The van der Waals surface area contributed by atoms with Crippen molar-refractivity contribution in [2.45, 2.75) is 115 Å². The molecule has 2 aliphatic rings. The Morgan fingerprint density at radius 1 is 0.569 bits per heavy atom. The van der Waals surface area contributed by atoms with Crippen LogP contribution in [0, 0.1) is 11.3 Å². The minimum Gasteiger partial charge on any atom is -1.00 e. The molecule has 0 N–H and O–H groups in total. The molecule has 58 heavy (non-hydrogen) atoms. The Balaban J connectivity index is 0.00000372. The molecule has 0 saturated heterocycles. The molecule has 1 atom stereocenters. The van der Waals surface area contributed by atoms with Gasteiger partial charge >= 0.3 is 339 Å². The van der Waals surface area contributed by atoms with Gasteiger partial charge in [0.05, 0.1) is 0 Å². The topological polar surface area (TPSA) is 0 Å². The van der Waals surface area contributed by atoms with E-state index in [1.165, 1.54) is 33.1 Å². The zero-order chi connectivity index (χ0) is 41.2. The van der Waals surface area contributed by atoms with Crippen LogP contribution in [0.2, 0.25) is 0 Å². The second kappa shape index (κ2) is 17.3. The number of hydrogen-bond acceptors (Lipinski definition) is 0. The van der Waals surface area contributed by atoms with Crippen molar-refractivity contribution in [1.82, 2.24) is 0 Å². The SMILES string of the molecule is CCCCC1C=C(C(C)(C)C)C=[C]1[Zr+2](=[C](c1cccc(C(F)(F)F)c1)c1cccc(C(F)(F)F)c1)[CH]1c2cc(C(C)(C)C)ccc2-c2ccc(C(C)(C)C)cc21.[Cl-].[Cl-]. The van der Waals surface area contributed by atoms with Gasteiger partial charge in [0, 0.05) is 0 Å². The first-order valence-corrected chi connectivity index (χ1v) is 23.6. The largest absolute Gasteiger partial charge is 1.00 e. The van der Waals surface area contributed by atoms with E-state index in [0.717, 1.165) is 64.8 Å². The Morgan fingerprint density at radius 2 is 1.02 bits per heavy atom. The second-order valence-electron chi connectivity index (χ2n) is 18.7. The van der Waals surface area contributed by atoms with Crippen LogP contribution in [0.25, 0.3) is 11.1 Å². The van der Waals surface area contributed by atoms with E-state index in [1.54, 1.807) is 12.1 Å². The zero-order valence-electron chi connectivity index (χ0n) is 35.0. The summed E-state index contributed by atoms with van der Waals surface area (Å²) < 4.78 is 89.2. The summed E-state index contributed by atoms with van der Waals surface area (Å²) in [5.41, 5.74) is 6.38. The number of fused-ring (bicyclic) bond motifs is 3. The van der Waals surface area contributed by atoms with Crippen molar-refractivity contribution in [2.24, 2.45) is 11.3 Å². The smallest absolute Gasteiger partial charge is 1.00 e. The number of alkyl halides is 6. The van der Waals surface area contributed by atoms with Crippen LogP contribution in [0.4, 0.5) is 26.3 Å². The van der Waals surface area contributed by atoms with Crippen LogP contribution in [0.1, 0.15) is 137 Å². The minimum absolute atomic E-state index is 0. The molecular weight excluding hydrogens is 865 g/mol. The van der Waals surface area contributed by atoms with Gasteiger partial charge < -0.3 is 24.8 Å². The Hall–Kier alpha value is -2.73.